The quantitative estimate of drug-likeness (QED) is 0.582. The average Bonchev–Trinajstić information content (AvgIpc) is 2.44. The summed E-state index contributed by atoms with van der Waals surface area (Å²) in [5.41, 5.74) is 0. The van der Waals surface area contributed by atoms with Crippen LogP contribution in [0.5, 0.6) is 0 Å². The van der Waals surface area contributed by atoms with E-state index in [9.17, 15) is 0 Å². The minimum absolute atomic E-state index is 0.880. The number of rotatable bonds is 1. The van der Waals surface area contributed by atoms with E-state index in [-0.39, 0.29) is 0 Å². The van der Waals surface area contributed by atoms with E-state index in [0.717, 1.165) is 23.8 Å². The Kier molecular flexibility index (Phi) is 1.48. The van der Waals surface area contributed by atoms with E-state index in [1.807, 2.05) is 0 Å². The average molecular weight is 139 g/mol. The Morgan fingerprint density at radius 2 is 2.10 bits per heavy atom. The van der Waals surface area contributed by atoms with Crippen LogP contribution in [0.15, 0.2) is 0 Å². The van der Waals surface area contributed by atoms with Crippen molar-refractivity contribution in [2.24, 2.45) is 17.8 Å². The Morgan fingerprint density at radius 1 is 1.30 bits per heavy atom. The topological polar surface area (TPSA) is 12.0 Å². The number of hydrogen-bond donors (Lipinski definition) is 1. The number of nitrogens with one attached hydrogen (secondary N) is 1. The molecule has 2 unspecified atom stereocenters. The van der Waals surface area contributed by atoms with Gasteiger partial charge in [-0.15, -0.1) is 0 Å². The molecule has 2 rings (SSSR count). The Labute approximate surface area is 63.2 Å². The molecule has 2 fully saturated rings. The summed E-state index contributed by atoms with van der Waals surface area (Å²) < 4.78 is 0. The van der Waals surface area contributed by atoms with Crippen LogP contribution in [0.2, 0.25) is 0 Å². The molecule has 2 bridgehead atoms. The van der Waals surface area contributed by atoms with Gasteiger partial charge < -0.3 is 5.32 Å². The molecule has 1 aliphatic carbocycles. The van der Waals surface area contributed by atoms with Gasteiger partial charge in [-0.05, 0) is 37.1 Å². The largest absolute Gasteiger partial charge is 0.313 e. The van der Waals surface area contributed by atoms with Crippen LogP contribution in [0.25, 0.3) is 0 Å². The van der Waals surface area contributed by atoms with Crippen molar-refractivity contribution in [1.29, 1.82) is 0 Å². The maximum atomic E-state index is 3.59. The molecule has 0 aromatic rings. The highest BCUT2D eigenvalue weighted by Crippen LogP contribution is 2.39. The molecule has 1 nitrogen and oxygen atoms in total. The summed E-state index contributed by atoms with van der Waals surface area (Å²) in [7, 11) is 0. The number of fused-ring (bicyclic) bond motifs is 2. The van der Waals surface area contributed by atoms with E-state index in [0.29, 0.717) is 0 Å². The summed E-state index contributed by atoms with van der Waals surface area (Å²) in [4.78, 5) is 0. The number of piperidine rings is 1. The summed E-state index contributed by atoms with van der Waals surface area (Å²) in [6.07, 6.45) is 2.96. The predicted octanol–water partition coefficient (Wildman–Crippen LogP) is 1.64. The van der Waals surface area contributed by atoms with E-state index in [2.05, 4.69) is 19.2 Å². The third-order valence-corrected chi connectivity index (χ3v) is 3.23. The van der Waals surface area contributed by atoms with Gasteiger partial charge in [-0.1, -0.05) is 13.8 Å². The van der Waals surface area contributed by atoms with Crippen molar-refractivity contribution in [3.8, 4) is 0 Å². The van der Waals surface area contributed by atoms with E-state index >= 15 is 0 Å². The highest BCUT2D eigenvalue weighted by molar-refractivity contribution is 4.96. The fourth-order valence-electron chi connectivity index (χ4n) is 2.64. The second-order valence-corrected chi connectivity index (χ2v) is 4.26. The van der Waals surface area contributed by atoms with Crippen molar-refractivity contribution in [2.75, 3.05) is 6.54 Å². The molecule has 0 spiro atoms. The van der Waals surface area contributed by atoms with Crippen LogP contribution in [0.3, 0.4) is 0 Å². The number of hydrogen-bond acceptors (Lipinski definition) is 1. The second kappa shape index (κ2) is 2.23. The van der Waals surface area contributed by atoms with Crippen molar-refractivity contribution < 1.29 is 0 Å². The molecule has 0 radical (unpaired) electrons. The zero-order valence-electron chi connectivity index (χ0n) is 6.93. The maximum absolute atomic E-state index is 3.59. The fourth-order valence-corrected chi connectivity index (χ4v) is 2.64. The van der Waals surface area contributed by atoms with Crippen LogP contribution in [0.4, 0.5) is 0 Å². The zero-order valence-corrected chi connectivity index (χ0v) is 6.93. The molecule has 2 aliphatic rings. The van der Waals surface area contributed by atoms with Crippen molar-refractivity contribution in [3.63, 3.8) is 0 Å². The van der Waals surface area contributed by atoms with E-state index < -0.39 is 0 Å². The van der Waals surface area contributed by atoms with E-state index in [4.69, 9.17) is 0 Å². The monoisotopic (exact) mass is 139 g/mol. The first-order chi connectivity index (χ1) is 4.77. The van der Waals surface area contributed by atoms with Gasteiger partial charge in [0.2, 0.25) is 0 Å². The lowest BCUT2D eigenvalue weighted by molar-refractivity contribution is 0.285. The molecule has 3 atom stereocenters. The Balaban J connectivity index is 2.02. The lowest BCUT2D eigenvalue weighted by Crippen LogP contribution is -2.35. The van der Waals surface area contributed by atoms with Gasteiger partial charge in [0.05, 0.1) is 0 Å². The van der Waals surface area contributed by atoms with Crippen molar-refractivity contribution in [1.82, 2.24) is 5.32 Å². The summed E-state index contributed by atoms with van der Waals surface area (Å²) in [6.45, 7) is 6.01. The smallest absolute Gasteiger partial charge is 0.0101 e. The molecule has 58 valence electrons. The molecule has 1 heterocycles. The molecule has 10 heavy (non-hydrogen) atoms. The molecule has 0 amide bonds. The molecular formula is C9H17N. The van der Waals surface area contributed by atoms with Gasteiger partial charge in [-0.2, -0.15) is 0 Å². The first-order valence-corrected chi connectivity index (χ1v) is 4.50. The SMILES string of the molecule is CC(C)C1C[C@@H]2CNC1C2. The van der Waals surface area contributed by atoms with Crippen molar-refractivity contribution >= 4 is 0 Å². The van der Waals surface area contributed by atoms with Crippen LogP contribution in [0.1, 0.15) is 26.7 Å². The molecule has 1 saturated heterocycles. The molecular weight excluding hydrogens is 122 g/mol. The van der Waals surface area contributed by atoms with Crippen LogP contribution in [-0.2, 0) is 0 Å². The minimum Gasteiger partial charge on any atom is -0.313 e. The molecule has 1 aliphatic heterocycles. The Bertz CT molecular complexity index is 131. The molecule has 1 N–H and O–H groups in total. The van der Waals surface area contributed by atoms with E-state index in [1.165, 1.54) is 19.4 Å². The van der Waals surface area contributed by atoms with Crippen molar-refractivity contribution in [3.05, 3.63) is 0 Å². The van der Waals surface area contributed by atoms with Gasteiger partial charge in [-0.3, -0.25) is 0 Å². The molecule has 1 saturated carbocycles. The van der Waals surface area contributed by atoms with Crippen LogP contribution >= 0.6 is 0 Å². The second-order valence-electron chi connectivity index (χ2n) is 4.26. The fraction of sp³-hybridized carbons (Fsp3) is 1.00. The molecule has 0 aromatic carbocycles. The highest BCUT2D eigenvalue weighted by Gasteiger charge is 2.40. The first-order valence-electron chi connectivity index (χ1n) is 4.50. The van der Waals surface area contributed by atoms with Gasteiger partial charge in [0.1, 0.15) is 0 Å². The van der Waals surface area contributed by atoms with Gasteiger partial charge in [0.15, 0.2) is 0 Å². The summed E-state index contributed by atoms with van der Waals surface area (Å²) in [5.74, 6) is 2.90. The predicted molar refractivity (Wildman–Crippen MR) is 42.8 cm³/mol. The third kappa shape index (κ3) is 0.878. The van der Waals surface area contributed by atoms with Gasteiger partial charge in [-0.25, -0.2) is 0 Å². The lowest BCUT2D eigenvalue weighted by Gasteiger charge is -2.25. The minimum atomic E-state index is 0.880. The normalized spacial score (nSPS) is 45.3. The molecule has 0 aromatic heterocycles. The Hall–Kier alpha value is -0.0400. The Morgan fingerprint density at radius 3 is 2.40 bits per heavy atom. The van der Waals surface area contributed by atoms with E-state index in [1.54, 1.807) is 0 Å². The van der Waals surface area contributed by atoms with Crippen molar-refractivity contribution in [2.45, 2.75) is 32.7 Å². The first kappa shape index (κ1) is 6.66. The highest BCUT2D eigenvalue weighted by atomic mass is 15.0. The van der Waals surface area contributed by atoms with Gasteiger partial charge in [0.25, 0.3) is 0 Å². The summed E-state index contributed by atoms with van der Waals surface area (Å²) in [5, 5.41) is 3.59. The standard InChI is InChI=1S/C9H17N/c1-6(2)8-3-7-4-9(8)10-5-7/h6-10H,3-5H2,1-2H3/t7-,8?,9?/m0/s1. The van der Waals surface area contributed by atoms with Crippen LogP contribution < -0.4 is 5.32 Å². The summed E-state index contributed by atoms with van der Waals surface area (Å²) in [6, 6.07) is 0.880. The van der Waals surface area contributed by atoms with Crippen LogP contribution in [-0.4, -0.2) is 12.6 Å². The lowest BCUT2D eigenvalue weighted by atomic mass is 9.89. The zero-order chi connectivity index (χ0) is 7.14. The third-order valence-electron chi connectivity index (χ3n) is 3.23. The van der Waals surface area contributed by atoms with Gasteiger partial charge >= 0.3 is 0 Å². The maximum Gasteiger partial charge on any atom is 0.0101 e. The van der Waals surface area contributed by atoms with Crippen LogP contribution in [0, 0.1) is 17.8 Å². The molecule has 1 heteroatoms. The van der Waals surface area contributed by atoms with Gasteiger partial charge in [0, 0.05) is 6.04 Å². The summed E-state index contributed by atoms with van der Waals surface area (Å²) >= 11 is 0.